The van der Waals surface area contributed by atoms with Crippen molar-refractivity contribution in [3.63, 3.8) is 0 Å². The zero-order valence-electron chi connectivity index (χ0n) is 52.1. The summed E-state index contributed by atoms with van der Waals surface area (Å²) in [6.07, 6.45) is 6.36. The van der Waals surface area contributed by atoms with Crippen LogP contribution >= 0.6 is 0 Å². The van der Waals surface area contributed by atoms with Gasteiger partial charge in [-0.2, -0.15) is 0 Å². The SMILES string of the molecule is CC1O[C@@H](OCCC(=O)O)C(O)C[C@H]1O.CC1O[C@@H](OCCCCC(=O)O)C(O)C[C@H]1O.CC1O[C@@H](O[C@H](C)CCCC/C=C/C(=O)O)C(O)C[C@H]1OC(=O)c1ccc(O)cc1.CC1O[C@@H](O[C@H](C)CCCCCCCCC(=O)CCCO)C(O)C[C@H]1O. The van der Waals surface area contributed by atoms with Crippen molar-refractivity contribution in [2.45, 2.75) is 293 Å². The molecule has 1 aromatic rings. The second kappa shape index (κ2) is 45.0. The molecule has 4 aliphatic rings. The van der Waals surface area contributed by atoms with Crippen molar-refractivity contribution in [2.75, 3.05) is 19.8 Å². The van der Waals surface area contributed by atoms with Crippen molar-refractivity contribution in [3.8, 4) is 5.75 Å². The smallest absolute Gasteiger partial charge is 0.338 e. The average Bonchev–Trinajstić information content (AvgIpc) is 2.28. The summed E-state index contributed by atoms with van der Waals surface area (Å²) in [5.74, 6) is -2.96. The number of benzene rings is 1. The van der Waals surface area contributed by atoms with Crippen LogP contribution in [0.4, 0.5) is 0 Å². The Hall–Kier alpha value is -4.33. The van der Waals surface area contributed by atoms with Crippen molar-refractivity contribution in [2.24, 2.45) is 0 Å². The van der Waals surface area contributed by atoms with Gasteiger partial charge in [0.25, 0.3) is 0 Å². The van der Waals surface area contributed by atoms with Gasteiger partial charge in [-0.15, -0.1) is 0 Å². The highest BCUT2D eigenvalue weighted by Crippen LogP contribution is 2.28. The molecule has 26 heteroatoms. The van der Waals surface area contributed by atoms with Gasteiger partial charge in [0.1, 0.15) is 42.1 Å². The lowest BCUT2D eigenvalue weighted by Crippen LogP contribution is -2.49. The zero-order chi connectivity index (χ0) is 65.7. The van der Waals surface area contributed by atoms with E-state index in [1.54, 1.807) is 33.8 Å². The average molecular weight is 1270 g/mol. The quantitative estimate of drug-likeness (QED) is 0.0240. The molecule has 4 aliphatic heterocycles. The first-order valence-electron chi connectivity index (χ1n) is 31.1. The number of esters is 1. The van der Waals surface area contributed by atoms with Crippen LogP contribution in [0, 0.1) is 0 Å². The first-order valence-corrected chi connectivity index (χ1v) is 31.1. The molecule has 4 saturated heterocycles. The fourth-order valence-electron chi connectivity index (χ4n) is 9.43. The topological polar surface area (TPSA) is 411 Å². The molecule has 0 aromatic heterocycles. The van der Waals surface area contributed by atoms with Gasteiger partial charge in [-0.1, -0.05) is 44.6 Å². The van der Waals surface area contributed by atoms with E-state index >= 15 is 0 Å². The van der Waals surface area contributed by atoms with E-state index in [1.807, 2.05) is 13.8 Å². The Morgan fingerprint density at radius 3 is 1.45 bits per heavy atom. The number of phenols is 1. The molecule has 8 unspecified atom stereocenters. The van der Waals surface area contributed by atoms with Gasteiger partial charge < -0.3 is 104 Å². The minimum Gasteiger partial charge on any atom is -0.508 e. The molecule has 4 fully saturated rings. The number of aliphatic hydroxyl groups is 8. The molecular formula is C62H104O26. The third-order valence-electron chi connectivity index (χ3n) is 14.9. The Morgan fingerprint density at radius 2 is 0.943 bits per heavy atom. The maximum absolute atomic E-state index is 12.3. The van der Waals surface area contributed by atoms with E-state index in [-0.39, 0.29) is 81.3 Å². The van der Waals surface area contributed by atoms with E-state index in [9.17, 15) is 64.8 Å². The van der Waals surface area contributed by atoms with Gasteiger partial charge in [-0.25, -0.2) is 9.59 Å². The van der Waals surface area contributed by atoms with Crippen LogP contribution in [0.2, 0.25) is 0 Å². The van der Waals surface area contributed by atoms with Gasteiger partial charge in [0, 0.05) is 64.2 Å². The Morgan fingerprint density at radius 1 is 0.511 bits per heavy atom. The van der Waals surface area contributed by atoms with Crippen LogP contribution in [0.25, 0.3) is 0 Å². The molecule has 0 spiro atoms. The molecule has 0 saturated carbocycles. The summed E-state index contributed by atoms with van der Waals surface area (Å²) in [6, 6.07) is 5.74. The molecule has 0 aliphatic carbocycles. The van der Waals surface area contributed by atoms with E-state index in [4.69, 9.17) is 63.1 Å². The maximum Gasteiger partial charge on any atom is 0.338 e. The number of ketones is 1. The van der Waals surface area contributed by atoms with Crippen LogP contribution in [0.5, 0.6) is 5.75 Å². The number of Topliss-reactive ketones (excluding diaryl/α,β-unsaturated/α-hetero) is 1. The number of hydrogen-bond acceptors (Lipinski definition) is 23. The zero-order valence-corrected chi connectivity index (χ0v) is 52.1. The highest BCUT2D eigenvalue weighted by atomic mass is 16.7. The number of allylic oxidation sites excluding steroid dienone is 1. The first-order chi connectivity index (χ1) is 41.7. The summed E-state index contributed by atoms with van der Waals surface area (Å²) in [7, 11) is 0. The van der Waals surface area contributed by atoms with E-state index in [0.717, 1.165) is 70.3 Å². The summed E-state index contributed by atoms with van der Waals surface area (Å²) in [5, 5.41) is 111. The van der Waals surface area contributed by atoms with Gasteiger partial charge in [0.05, 0.1) is 73.5 Å². The van der Waals surface area contributed by atoms with Gasteiger partial charge in [0.2, 0.25) is 0 Å². The minimum absolute atomic E-state index is 0.0140. The number of hydrogen-bond donors (Lipinski definition) is 12. The number of carboxylic acids is 3. The number of aromatic hydroxyl groups is 1. The standard InChI is InChI=1S/C22H30O8.C20H38O6.C11H20O6.C9H16O6/c1-14(7-5-3-4-6-8-20(25)26)28-22-18(24)13-19(15(2)29-22)30-21(27)16-9-11-17(23)12-10-16;1-15(25-20-19(24)14-18(23)16(2)26-20)10-7-5-3-4-6-8-11-17(22)12-9-13-21;1-7-8(12)6-9(13)11(17-7)16-5-3-2-4-10(14)15;1-5-6(10)4-7(11)9(15-5)14-3-2-8(12)13/h6,8-12,14-15,18-19,22-24H,3-5,7,13H2,1-2H3,(H,25,26);15-16,18-21,23-24H,3-14H2,1-2H3;7-9,11-13H,2-6H2,1H3,(H,14,15);5-7,9-11H,2-4H2,1H3,(H,12,13)/b8-6+;;;/t14-,15?,18?,19-,22-;15-,16?,18-,19?,20-;7?,8-,9?,11-;5?,6-,7?,9-/m1111/s1. The molecule has 1 aromatic carbocycles. The predicted octanol–water partition coefficient (Wildman–Crippen LogP) is 5.18. The summed E-state index contributed by atoms with van der Waals surface area (Å²) < 4.78 is 49.2. The van der Waals surface area contributed by atoms with Crippen molar-refractivity contribution in [1.29, 1.82) is 0 Å². The maximum atomic E-state index is 12.3. The van der Waals surface area contributed by atoms with Crippen LogP contribution in [0.1, 0.15) is 193 Å². The van der Waals surface area contributed by atoms with E-state index in [1.165, 1.54) is 24.3 Å². The molecule has 12 N–H and O–H groups in total. The molecule has 5 rings (SSSR count). The molecular weight excluding hydrogens is 1160 g/mol. The third-order valence-corrected chi connectivity index (χ3v) is 14.9. The first kappa shape index (κ1) is 79.8. The van der Waals surface area contributed by atoms with Gasteiger partial charge in [-0.3, -0.25) is 14.4 Å². The molecule has 18 atom stereocenters. The monoisotopic (exact) mass is 1260 g/mol. The van der Waals surface area contributed by atoms with Crippen LogP contribution in [0.3, 0.4) is 0 Å². The fourth-order valence-corrected chi connectivity index (χ4v) is 9.43. The normalized spacial score (nSPS) is 29.4. The number of carbonyl (C=O) groups is 5. The summed E-state index contributed by atoms with van der Waals surface area (Å²) in [6.45, 7) is 11.3. The molecule has 88 heavy (non-hydrogen) atoms. The summed E-state index contributed by atoms with van der Waals surface area (Å²) >= 11 is 0. The minimum atomic E-state index is -0.964. The molecule has 0 amide bonds. The number of phenolic OH excluding ortho intramolecular Hbond substituents is 1. The second-order valence-electron chi connectivity index (χ2n) is 22.9. The highest BCUT2D eigenvalue weighted by molar-refractivity contribution is 5.89. The molecule has 0 radical (unpaired) electrons. The largest absolute Gasteiger partial charge is 0.508 e. The lowest BCUT2D eigenvalue weighted by atomic mass is 10.0. The summed E-state index contributed by atoms with van der Waals surface area (Å²) in [4.78, 5) is 54.6. The number of unbranched alkanes of at least 4 members (excludes halogenated alkanes) is 8. The van der Waals surface area contributed by atoms with Crippen LogP contribution in [-0.4, -0.2) is 221 Å². The lowest BCUT2D eigenvalue weighted by molar-refractivity contribution is -0.273. The molecule has 508 valence electrons. The highest BCUT2D eigenvalue weighted by Gasteiger charge is 2.40. The fraction of sp³-hybridized carbons (Fsp3) is 0.790. The number of rotatable bonds is 34. The Balaban J connectivity index is 0.000000415. The molecule has 0 bridgehead atoms. The Labute approximate surface area is 517 Å². The number of carboxylic acid groups (broad SMARTS) is 3. The van der Waals surface area contributed by atoms with E-state index < -0.39 is 110 Å². The number of carbonyl (C=O) groups excluding carboxylic acids is 2. The number of aliphatic carboxylic acids is 3. The van der Waals surface area contributed by atoms with Gasteiger partial charge in [-0.05, 0) is 117 Å². The van der Waals surface area contributed by atoms with E-state index in [0.29, 0.717) is 57.1 Å². The number of ether oxygens (including phenoxy) is 9. The van der Waals surface area contributed by atoms with Gasteiger partial charge in [0.15, 0.2) is 25.2 Å². The van der Waals surface area contributed by atoms with Crippen LogP contribution < -0.4 is 0 Å². The van der Waals surface area contributed by atoms with Crippen LogP contribution in [0.15, 0.2) is 36.4 Å². The third kappa shape index (κ3) is 34.8. The van der Waals surface area contributed by atoms with Crippen molar-refractivity contribution in [1.82, 2.24) is 0 Å². The van der Waals surface area contributed by atoms with Crippen molar-refractivity contribution in [3.05, 3.63) is 42.0 Å². The Bertz CT molecular complexity index is 2100. The van der Waals surface area contributed by atoms with Crippen molar-refractivity contribution < 1.29 is 128 Å². The van der Waals surface area contributed by atoms with Gasteiger partial charge >= 0.3 is 23.9 Å². The Kier molecular flexibility index (Phi) is 40.8. The predicted molar refractivity (Wildman–Crippen MR) is 315 cm³/mol. The summed E-state index contributed by atoms with van der Waals surface area (Å²) in [5.41, 5.74) is 0.305. The van der Waals surface area contributed by atoms with Crippen LogP contribution in [-0.2, 0) is 61.8 Å². The van der Waals surface area contributed by atoms with E-state index in [2.05, 4.69) is 0 Å². The second-order valence-corrected chi connectivity index (χ2v) is 22.9. The van der Waals surface area contributed by atoms with Crippen molar-refractivity contribution >= 4 is 29.7 Å². The molecule has 4 heterocycles. The lowest BCUT2D eigenvalue weighted by Gasteiger charge is -2.38. The number of aliphatic hydroxyl groups excluding tert-OH is 8. The molecule has 26 nitrogen and oxygen atoms in total.